The zero-order valence-corrected chi connectivity index (χ0v) is 13.0. The number of halogens is 2. The molecule has 1 aliphatic rings. The van der Waals surface area contributed by atoms with Gasteiger partial charge >= 0.3 is 5.97 Å². The maximum Gasteiger partial charge on any atom is 0.352 e. The first-order valence-corrected chi connectivity index (χ1v) is 7.73. The largest absolute Gasteiger partial charge is 0.477 e. The number of hydrogen-bond acceptors (Lipinski definition) is 4. The van der Waals surface area contributed by atoms with Gasteiger partial charge in [0, 0.05) is 11.3 Å². The zero-order chi connectivity index (χ0) is 15.0. The Morgan fingerprint density at radius 3 is 2.67 bits per heavy atom. The number of rotatable bonds is 3. The second-order valence-corrected chi connectivity index (χ2v) is 6.66. The fourth-order valence-corrected chi connectivity index (χ4v) is 3.60. The van der Waals surface area contributed by atoms with Gasteiger partial charge in [-0.3, -0.25) is 5.01 Å². The predicted octanol–water partition coefficient (Wildman–Crippen LogP) is 4.45. The molecule has 1 atom stereocenters. The highest BCUT2D eigenvalue weighted by Crippen LogP contribution is 2.41. The third-order valence-electron chi connectivity index (χ3n) is 3.18. The lowest BCUT2D eigenvalue weighted by Crippen LogP contribution is -2.17. The lowest BCUT2D eigenvalue weighted by molar-refractivity contribution is -0.129. The number of hydrogen-bond donors (Lipinski definition) is 1. The standard InChI is InChI=1S/C14H10Cl2N2O2S/c15-8-3-1-2-4-10(8)18-11(7-9(17-18)14(19)20)12-5-6-13(16)21-12/h1-6,11H,7H2,(H,19,20). The summed E-state index contributed by atoms with van der Waals surface area (Å²) in [5.41, 5.74) is 0.800. The molecule has 3 rings (SSSR count). The SMILES string of the molecule is O=C(O)C1=NN(c2ccccc2Cl)C(c2ccc(Cl)s2)C1. The molecule has 1 aromatic heterocycles. The van der Waals surface area contributed by atoms with Gasteiger partial charge in [-0.1, -0.05) is 35.3 Å². The van der Waals surface area contributed by atoms with Gasteiger partial charge in [0.15, 0.2) is 0 Å². The number of carboxylic acid groups (broad SMARTS) is 1. The number of thiophene rings is 1. The van der Waals surface area contributed by atoms with Crippen molar-refractivity contribution in [3.8, 4) is 0 Å². The number of aliphatic carboxylic acids is 1. The van der Waals surface area contributed by atoms with Crippen LogP contribution in [0, 0.1) is 0 Å². The molecule has 108 valence electrons. The molecule has 21 heavy (non-hydrogen) atoms. The number of para-hydroxylation sites is 1. The Hall–Kier alpha value is -1.56. The Kier molecular flexibility index (Phi) is 3.89. The van der Waals surface area contributed by atoms with Gasteiger partial charge in [-0.05, 0) is 24.3 Å². The smallest absolute Gasteiger partial charge is 0.352 e. The third kappa shape index (κ3) is 2.77. The van der Waals surface area contributed by atoms with Gasteiger partial charge in [-0.15, -0.1) is 11.3 Å². The fourth-order valence-electron chi connectivity index (χ4n) is 2.23. The van der Waals surface area contributed by atoms with E-state index in [4.69, 9.17) is 23.2 Å². The highest BCUT2D eigenvalue weighted by Gasteiger charge is 2.34. The zero-order valence-electron chi connectivity index (χ0n) is 10.7. The maximum absolute atomic E-state index is 11.2. The summed E-state index contributed by atoms with van der Waals surface area (Å²) in [6, 6.07) is 10.7. The Balaban J connectivity index is 2.04. The first kappa shape index (κ1) is 14.4. The van der Waals surface area contributed by atoms with Crippen molar-refractivity contribution in [1.82, 2.24) is 0 Å². The molecular formula is C14H10Cl2N2O2S. The van der Waals surface area contributed by atoms with Crippen molar-refractivity contribution in [2.75, 3.05) is 5.01 Å². The lowest BCUT2D eigenvalue weighted by atomic mass is 10.1. The molecule has 0 saturated heterocycles. The molecule has 2 aromatic rings. The van der Waals surface area contributed by atoms with Gasteiger partial charge in [0.2, 0.25) is 0 Å². The normalized spacial score (nSPS) is 17.9. The van der Waals surface area contributed by atoms with Gasteiger partial charge in [-0.25, -0.2) is 4.79 Å². The number of carboxylic acids is 1. The van der Waals surface area contributed by atoms with Crippen molar-refractivity contribution < 1.29 is 9.90 Å². The van der Waals surface area contributed by atoms with E-state index < -0.39 is 5.97 Å². The van der Waals surface area contributed by atoms with Crippen molar-refractivity contribution in [2.24, 2.45) is 5.10 Å². The first-order chi connectivity index (χ1) is 10.1. The van der Waals surface area contributed by atoms with E-state index in [0.29, 0.717) is 21.5 Å². The van der Waals surface area contributed by atoms with Crippen molar-refractivity contribution in [3.63, 3.8) is 0 Å². The molecule has 1 unspecified atom stereocenters. The van der Waals surface area contributed by atoms with Crippen LogP contribution in [0.4, 0.5) is 5.69 Å². The van der Waals surface area contributed by atoms with E-state index in [1.165, 1.54) is 11.3 Å². The summed E-state index contributed by atoms with van der Waals surface area (Å²) in [6.45, 7) is 0. The highest BCUT2D eigenvalue weighted by molar-refractivity contribution is 7.16. The average Bonchev–Trinajstić information content (AvgIpc) is 3.05. The van der Waals surface area contributed by atoms with E-state index in [9.17, 15) is 9.90 Å². The molecule has 1 N–H and O–H groups in total. The van der Waals surface area contributed by atoms with Crippen LogP contribution >= 0.6 is 34.5 Å². The molecule has 0 bridgehead atoms. The molecule has 4 nitrogen and oxygen atoms in total. The van der Waals surface area contributed by atoms with Gasteiger partial charge < -0.3 is 5.11 Å². The van der Waals surface area contributed by atoms with Gasteiger partial charge in [-0.2, -0.15) is 5.10 Å². The van der Waals surface area contributed by atoms with Crippen molar-refractivity contribution in [3.05, 3.63) is 50.6 Å². The van der Waals surface area contributed by atoms with Crippen LogP contribution in [0.3, 0.4) is 0 Å². The average molecular weight is 341 g/mol. The molecule has 0 amide bonds. The summed E-state index contributed by atoms with van der Waals surface area (Å²) in [6.07, 6.45) is 0.317. The van der Waals surface area contributed by atoms with E-state index in [0.717, 1.165) is 4.88 Å². The summed E-state index contributed by atoms with van der Waals surface area (Å²) in [4.78, 5) is 12.2. The summed E-state index contributed by atoms with van der Waals surface area (Å²) in [5.74, 6) is -1.02. The Labute approximate surface area is 135 Å². The van der Waals surface area contributed by atoms with Crippen LogP contribution in [-0.2, 0) is 4.79 Å². The van der Waals surface area contributed by atoms with Crippen LogP contribution in [0.5, 0.6) is 0 Å². The predicted molar refractivity (Wildman–Crippen MR) is 85.7 cm³/mol. The summed E-state index contributed by atoms with van der Waals surface area (Å²) in [7, 11) is 0. The number of benzene rings is 1. The van der Waals surface area contributed by atoms with Crippen LogP contribution in [0.1, 0.15) is 17.3 Å². The molecule has 0 radical (unpaired) electrons. The minimum absolute atomic E-state index is 0.115. The molecule has 0 aliphatic carbocycles. The van der Waals surface area contributed by atoms with Crippen molar-refractivity contribution >= 4 is 51.9 Å². The van der Waals surface area contributed by atoms with E-state index >= 15 is 0 Å². The lowest BCUT2D eigenvalue weighted by Gasteiger charge is -2.23. The van der Waals surface area contributed by atoms with Gasteiger partial charge in [0.1, 0.15) is 5.71 Å². The summed E-state index contributed by atoms with van der Waals surface area (Å²) >= 11 is 13.6. The minimum atomic E-state index is -1.02. The first-order valence-electron chi connectivity index (χ1n) is 6.16. The molecular weight excluding hydrogens is 331 g/mol. The van der Waals surface area contributed by atoms with E-state index in [1.54, 1.807) is 17.1 Å². The maximum atomic E-state index is 11.2. The van der Waals surface area contributed by atoms with Crippen LogP contribution in [-0.4, -0.2) is 16.8 Å². The number of hydrazone groups is 1. The second kappa shape index (κ2) is 5.67. The van der Waals surface area contributed by atoms with Crippen molar-refractivity contribution in [1.29, 1.82) is 0 Å². The van der Waals surface area contributed by atoms with E-state index in [-0.39, 0.29) is 11.8 Å². The molecule has 2 heterocycles. The molecule has 1 aromatic carbocycles. The van der Waals surface area contributed by atoms with Crippen molar-refractivity contribution in [2.45, 2.75) is 12.5 Å². The molecule has 0 fully saturated rings. The Morgan fingerprint density at radius 1 is 1.29 bits per heavy atom. The third-order valence-corrected chi connectivity index (χ3v) is 4.83. The highest BCUT2D eigenvalue weighted by atomic mass is 35.5. The quantitative estimate of drug-likeness (QED) is 0.898. The van der Waals surface area contributed by atoms with Crippen LogP contribution < -0.4 is 5.01 Å². The molecule has 7 heteroatoms. The summed E-state index contributed by atoms with van der Waals surface area (Å²) in [5, 5.41) is 15.6. The number of anilines is 1. The molecule has 0 saturated carbocycles. The molecule has 0 spiro atoms. The fraction of sp³-hybridized carbons (Fsp3) is 0.143. The van der Waals surface area contributed by atoms with Crippen LogP contribution in [0.15, 0.2) is 41.5 Å². The van der Waals surface area contributed by atoms with E-state index in [1.807, 2.05) is 24.3 Å². The number of carbonyl (C=O) groups is 1. The summed E-state index contributed by atoms with van der Waals surface area (Å²) < 4.78 is 0.660. The van der Waals surface area contributed by atoms with Gasteiger partial charge in [0.25, 0.3) is 0 Å². The molecule has 1 aliphatic heterocycles. The Morgan fingerprint density at radius 2 is 2.05 bits per heavy atom. The van der Waals surface area contributed by atoms with Crippen LogP contribution in [0.2, 0.25) is 9.36 Å². The Bertz CT molecular complexity index is 729. The topological polar surface area (TPSA) is 52.9 Å². The monoisotopic (exact) mass is 340 g/mol. The number of nitrogens with zero attached hydrogens (tertiary/aromatic N) is 2. The second-order valence-electron chi connectivity index (χ2n) is 4.51. The minimum Gasteiger partial charge on any atom is -0.477 e. The van der Waals surface area contributed by atoms with E-state index in [2.05, 4.69) is 5.10 Å². The van der Waals surface area contributed by atoms with Crippen LogP contribution in [0.25, 0.3) is 0 Å². The van der Waals surface area contributed by atoms with Gasteiger partial charge in [0.05, 0.1) is 21.1 Å².